The van der Waals surface area contributed by atoms with Gasteiger partial charge in [-0.2, -0.15) is 0 Å². The van der Waals surface area contributed by atoms with Crippen molar-refractivity contribution in [2.75, 3.05) is 40.3 Å². The minimum atomic E-state index is 0.530. The molecule has 5 heteroatoms. The first-order valence-corrected chi connectivity index (χ1v) is 8.43. The summed E-state index contributed by atoms with van der Waals surface area (Å²) in [6, 6.07) is 0. The van der Waals surface area contributed by atoms with E-state index in [-0.39, 0.29) is 0 Å². The lowest BCUT2D eigenvalue weighted by Gasteiger charge is -2.21. The first kappa shape index (κ1) is 16.9. The highest BCUT2D eigenvalue weighted by Gasteiger charge is 2.05. The number of rotatable bonds is 10. The highest BCUT2D eigenvalue weighted by molar-refractivity contribution is 7.09. The van der Waals surface area contributed by atoms with E-state index in [1.165, 1.54) is 37.5 Å². The topological polar surface area (TPSA) is 19.4 Å². The van der Waals surface area contributed by atoms with Gasteiger partial charge in [-0.1, -0.05) is 6.92 Å². The zero-order chi connectivity index (χ0) is 14.1. The van der Waals surface area contributed by atoms with Crippen LogP contribution in [0.15, 0.2) is 5.38 Å². The van der Waals surface area contributed by atoms with Crippen molar-refractivity contribution < 1.29 is 0 Å². The molecule has 0 aliphatic rings. The van der Waals surface area contributed by atoms with E-state index in [4.69, 9.17) is 11.6 Å². The standard InChI is InChI=1S/C14H26ClN3S/c1-4-18(10-6-8-17(2)3)9-5-7-14-16-13(11-15)12-19-14/h12H,4-11H2,1-3H3. The zero-order valence-electron chi connectivity index (χ0n) is 12.4. The molecule has 0 amide bonds. The quantitative estimate of drug-likeness (QED) is 0.619. The van der Waals surface area contributed by atoms with Crippen LogP contribution in [-0.4, -0.2) is 55.1 Å². The average molecular weight is 304 g/mol. The van der Waals surface area contributed by atoms with Crippen LogP contribution in [0.4, 0.5) is 0 Å². The molecule has 1 aromatic heterocycles. The summed E-state index contributed by atoms with van der Waals surface area (Å²) in [6.45, 7) is 6.91. The van der Waals surface area contributed by atoms with E-state index in [0.29, 0.717) is 5.88 Å². The Morgan fingerprint density at radius 2 is 1.95 bits per heavy atom. The minimum absolute atomic E-state index is 0.530. The van der Waals surface area contributed by atoms with Gasteiger partial charge in [0.05, 0.1) is 16.6 Å². The van der Waals surface area contributed by atoms with Gasteiger partial charge in [-0.3, -0.25) is 0 Å². The monoisotopic (exact) mass is 303 g/mol. The highest BCUT2D eigenvalue weighted by Crippen LogP contribution is 2.13. The Morgan fingerprint density at radius 3 is 2.53 bits per heavy atom. The Kier molecular flexibility index (Phi) is 8.62. The second kappa shape index (κ2) is 9.70. The summed E-state index contributed by atoms with van der Waals surface area (Å²) < 4.78 is 0. The molecule has 0 aliphatic carbocycles. The number of aryl methyl sites for hydroxylation is 1. The van der Waals surface area contributed by atoms with Gasteiger partial charge in [0.1, 0.15) is 0 Å². The third-order valence-corrected chi connectivity index (χ3v) is 4.36. The van der Waals surface area contributed by atoms with E-state index in [1.807, 2.05) is 0 Å². The van der Waals surface area contributed by atoms with Crippen molar-refractivity contribution in [2.45, 2.75) is 32.1 Å². The smallest absolute Gasteiger partial charge is 0.0929 e. The van der Waals surface area contributed by atoms with Crippen LogP contribution >= 0.6 is 22.9 Å². The van der Waals surface area contributed by atoms with E-state index in [9.17, 15) is 0 Å². The molecule has 1 heterocycles. The van der Waals surface area contributed by atoms with Gasteiger partial charge in [-0.25, -0.2) is 4.98 Å². The first-order valence-electron chi connectivity index (χ1n) is 7.02. The molecule has 110 valence electrons. The second-order valence-corrected chi connectivity index (χ2v) is 6.27. The van der Waals surface area contributed by atoms with Gasteiger partial charge in [0.2, 0.25) is 0 Å². The molecular weight excluding hydrogens is 278 g/mol. The number of aromatic nitrogens is 1. The summed E-state index contributed by atoms with van der Waals surface area (Å²) in [4.78, 5) is 9.27. The second-order valence-electron chi connectivity index (χ2n) is 5.06. The minimum Gasteiger partial charge on any atom is -0.309 e. The third kappa shape index (κ3) is 7.25. The summed E-state index contributed by atoms with van der Waals surface area (Å²) >= 11 is 7.50. The van der Waals surface area contributed by atoms with Crippen LogP contribution in [0.1, 0.15) is 30.5 Å². The fourth-order valence-electron chi connectivity index (χ4n) is 2.02. The van der Waals surface area contributed by atoms with Gasteiger partial charge in [0, 0.05) is 11.8 Å². The fourth-order valence-corrected chi connectivity index (χ4v) is 3.09. The molecule has 0 saturated carbocycles. The molecule has 0 aromatic carbocycles. The van der Waals surface area contributed by atoms with E-state index in [1.54, 1.807) is 11.3 Å². The maximum Gasteiger partial charge on any atom is 0.0929 e. The Balaban J connectivity index is 2.18. The lowest BCUT2D eigenvalue weighted by molar-refractivity contribution is 0.263. The molecular formula is C14H26ClN3S. The molecule has 0 N–H and O–H groups in total. The van der Waals surface area contributed by atoms with Crippen molar-refractivity contribution in [2.24, 2.45) is 0 Å². The molecule has 0 bridgehead atoms. The largest absolute Gasteiger partial charge is 0.309 e. The number of hydrogen-bond donors (Lipinski definition) is 0. The van der Waals surface area contributed by atoms with Crippen LogP contribution in [-0.2, 0) is 12.3 Å². The van der Waals surface area contributed by atoms with E-state index in [0.717, 1.165) is 18.7 Å². The van der Waals surface area contributed by atoms with Crippen molar-refractivity contribution in [1.29, 1.82) is 0 Å². The maximum atomic E-state index is 5.76. The molecule has 1 aromatic rings. The predicted octanol–water partition coefficient (Wildman–Crippen LogP) is 3.09. The van der Waals surface area contributed by atoms with Crippen LogP contribution in [0.3, 0.4) is 0 Å². The molecule has 0 fully saturated rings. The Labute approximate surface area is 126 Å². The lowest BCUT2D eigenvalue weighted by atomic mass is 10.2. The van der Waals surface area contributed by atoms with Gasteiger partial charge in [-0.05, 0) is 53.1 Å². The third-order valence-electron chi connectivity index (χ3n) is 3.13. The first-order chi connectivity index (χ1) is 9.15. The van der Waals surface area contributed by atoms with Crippen molar-refractivity contribution >= 4 is 22.9 Å². The summed E-state index contributed by atoms with van der Waals surface area (Å²) in [5, 5.41) is 3.29. The Bertz CT molecular complexity index is 341. The van der Waals surface area contributed by atoms with Crippen molar-refractivity contribution in [3.8, 4) is 0 Å². The van der Waals surface area contributed by atoms with Gasteiger partial charge in [-0.15, -0.1) is 22.9 Å². The van der Waals surface area contributed by atoms with Gasteiger partial charge < -0.3 is 9.80 Å². The number of alkyl halides is 1. The van der Waals surface area contributed by atoms with Gasteiger partial charge in [0.15, 0.2) is 0 Å². The summed E-state index contributed by atoms with van der Waals surface area (Å²) in [5.41, 5.74) is 1.01. The van der Waals surface area contributed by atoms with Gasteiger partial charge >= 0.3 is 0 Å². The molecule has 0 aliphatic heterocycles. The number of nitrogens with zero attached hydrogens (tertiary/aromatic N) is 3. The zero-order valence-corrected chi connectivity index (χ0v) is 13.9. The van der Waals surface area contributed by atoms with E-state index >= 15 is 0 Å². The molecule has 0 atom stereocenters. The average Bonchev–Trinajstić information content (AvgIpc) is 2.84. The highest BCUT2D eigenvalue weighted by atomic mass is 35.5. The summed E-state index contributed by atoms with van der Waals surface area (Å²) in [5.74, 6) is 0.530. The van der Waals surface area contributed by atoms with Gasteiger partial charge in [0.25, 0.3) is 0 Å². The lowest BCUT2D eigenvalue weighted by Crippen LogP contribution is -2.28. The Morgan fingerprint density at radius 1 is 1.21 bits per heavy atom. The SMILES string of the molecule is CCN(CCCc1nc(CCl)cs1)CCCN(C)C. The molecule has 0 radical (unpaired) electrons. The molecule has 3 nitrogen and oxygen atoms in total. The van der Waals surface area contributed by atoms with Crippen LogP contribution in [0.25, 0.3) is 0 Å². The van der Waals surface area contributed by atoms with E-state index < -0.39 is 0 Å². The van der Waals surface area contributed by atoms with Crippen LogP contribution in [0, 0.1) is 0 Å². The van der Waals surface area contributed by atoms with Crippen molar-refractivity contribution in [3.05, 3.63) is 16.1 Å². The van der Waals surface area contributed by atoms with Crippen LogP contribution in [0.5, 0.6) is 0 Å². The number of hydrogen-bond acceptors (Lipinski definition) is 4. The van der Waals surface area contributed by atoms with Crippen LogP contribution < -0.4 is 0 Å². The molecule has 0 spiro atoms. The molecule has 0 saturated heterocycles. The van der Waals surface area contributed by atoms with E-state index in [2.05, 4.69) is 41.2 Å². The number of thiazole rings is 1. The predicted molar refractivity (Wildman–Crippen MR) is 85.3 cm³/mol. The summed E-state index contributed by atoms with van der Waals surface area (Å²) in [7, 11) is 4.26. The Hall–Kier alpha value is -0.160. The van der Waals surface area contributed by atoms with Crippen LogP contribution in [0.2, 0.25) is 0 Å². The maximum absolute atomic E-state index is 5.76. The molecule has 1 rings (SSSR count). The number of halogens is 1. The normalized spacial score (nSPS) is 11.7. The molecule has 0 unspecified atom stereocenters. The molecule has 19 heavy (non-hydrogen) atoms. The van der Waals surface area contributed by atoms with Crippen molar-refractivity contribution in [3.63, 3.8) is 0 Å². The van der Waals surface area contributed by atoms with Crippen molar-refractivity contribution in [1.82, 2.24) is 14.8 Å². The summed E-state index contributed by atoms with van der Waals surface area (Å²) in [6.07, 6.45) is 3.51. The fraction of sp³-hybridized carbons (Fsp3) is 0.786.